The molecule has 0 saturated carbocycles. The average Bonchev–Trinajstić information content (AvgIpc) is 3.01. The standard InChI is InChI=1S/C15H19ClN4O/c1-4-19(12(3)10-16)15(21)13-7-5-6-11(2)14(13)20-17-8-9-18-20/h5-9,12H,4,10H2,1-3H3/t12-/m0/s1. The van der Waals surface area contributed by atoms with Crippen LogP contribution in [0.25, 0.3) is 5.69 Å². The molecule has 0 unspecified atom stereocenters. The lowest BCUT2D eigenvalue weighted by Gasteiger charge is -2.27. The van der Waals surface area contributed by atoms with E-state index < -0.39 is 0 Å². The predicted octanol–water partition coefficient (Wildman–Crippen LogP) is 2.67. The maximum atomic E-state index is 12.8. The molecule has 5 nitrogen and oxygen atoms in total. The van der Waals surface area contributed by atoms with Crippen molar-refractivity contribution in [3.05, 3.63) is 41.7 Å². The first-order chi connectivity index (χ1) is 10.1. The average molecular weight is 307 g/mol. The van der Waals surface area contributed by atoms with Gasteiger partial charge in [0.1, 0.15) is 5.69 Å². The van der Waals surface area contributed by atoms with Crippen molar-refractivity contribution in [3.63, 3.8) is 0 Å². The van der Waals surface area contributed by atoms with Crippen molar-refractivity contribution in [2.75, 3.05) is 12.4 Å². The zero-order valence-electron chi connectivity index (χ0n) is 12.5. The van der Waals surface area contributed by atoms with E-state index in [4.69, 9.17) is 11.6 Å². The topological polar surface area (TPSA) is 51.0 Å². The van der Waals surface area contributed by atoms with Gasteiger partial charge in [0.25, 0.3) is 5.91 Å². The second-order valence-electron chi connectivity index (χ2n) is 4.88. The number of hydrogen-bond donors (Lipinski definition) is 0. The number of rotatable bonds is 5. The van der Waals surface area contributed by atoms with E-state index in [9.17, 15) is 4.79 Å². The molecular formula is C15H19ClN4O. The fourth-order valence-electron chi connectivity index (χ4n) is 2.32. The van der Waals surface area contributed by atoms with E-state index in [2.05, 4.69) is 10.2 Å². The van der Waals surface area contributed by atoms with Crippen molar-refractivity contribution in [1.82, 2.24) is 19.9 Å². The van der Waals surface area contributed by atoms with Crippen molar-refractivity contribution in [2.24, 2.45) is 0 Å². The minimum atomic E-state index is -0.0540. The summed E-state index contributed by atoms with van der Waals surface area (Å²) in [6.45, 7) is 6.43. The molecule has 6 heteroatoms. The van der Waals surface area contributed by atoms with Crippen LogP contribution < -0.4 is 0 Å². The molecule has 2 rings (SSSR count). The smallest absolute Gasteiger partial charge is 0.256 e. The zero-order valence-corrected chi connectivity index (χ0v) is 13.2. The summed E-state index contributed by atoms with van der Waals surface area (Å²) in [5.74, 6) is 0.349. The first-order valence-electron chi connectivity index (χ1n) is 6.93. The van der Waals surface area contributed by atoms with Crippen LogP contribution in [0.3, 0.4) is 0 Å². The molecule has 1 aromatic carbocycles. The van der Waals surface area contributed by atoms with Gasteiger partial charge in [0, 0.05) is 18.5 Å². The molecule has 1 aromatic heterocycles. The second-order valence-corrected chi connectivity index (χ2v) is 5.19. The Bertz CT molecular complexity index is 612. The number of alkyl halides is 1. The van der Waals surface area contributed by atoms with E-state index in [-0.39, 0.29) is 11.9 Å². The van der Waals surface area contributed by atoms with Crippen LogP contribution in [-0.4, -0.2) is 44.3 Å². The second kappa shape index (κ2) is 6.72. The molecule has 0 fully saturated rings. The summed E-state index contributed by atoms with van der Waals surface area (Å²) in [6, 6.07) is 5.59. The van der Waals surface area contributed by atoms with Gasteiger partial charge in [-0.3, -0.25) is 4.79 Å². The molecule has 0 aliphatic heterocycles. The fraction of sp³-hybridized carbons (Fsp3) is 0.400. The highest BCUT2D eigenvalue weighted by molar-refractivity contribution is 6.18. The third-order valence-corrected chi connectivity index (χ3v) is 3.89. The van der Waals surface area contributed by atoms with Crippen molar-refractivity contribution in [1.29, 1.82) is 0 Å². The van der Waals surface area contributed by atoms with Crippen LogP contribution in [-0.2, 0) is 0 Å². The lowest BCUT2D eigenvalue weighted by atomic mass is 10.1. The number of carbonyl (C=O) groups is 1. The number of benzene rings is 1. The van der Waals surface area contributed by atoms with E-state index in [0.717, 1.165) is 5.56 Å². The molecule has 0 bridgehead atoms. The number of amides is 1. The number of nitrogens with zero attached hydrogens (tertiary/aromatic N) is 4. The van der Waals surface area contributed by atoms with Crippen LogP contribution in [0, 0.1) is 6.92 Å². The summed E-state index contributed by atoms with van der Waals surface area (Å²) in [4.78, 5) is 16.1. The monoisotopic (exact) mass is 306 g/mol. The molecule has 0 saturated heterocycles. The van der Waals surface area contributed by atoms with Gasteiger partial charge in [0.05, 0.1) is 18.0 Å². The Balaban J connectivity index is 2.49. The molecule has 0 spiro atoms. The van der Waals surface area contributed by atoms with E-state index in [1.165, 1.54) is 4.80 Å². The molecule has 0 radical (unpaired) electrons. The molecule has 112 valence electrons. The Morgan fingerprint density at radius 3 is 2.62 bits per heavy atom. The number of carbonyl (C=O) groups excluding carboxylic acids is 1. The van der Waals surface area contributed by atoms with Crippen LogP contribution in [0.1, 0.15) is 29.8 Å². The Morgan fingerprint density at radius 1 is 1.38 bits per heavy atom. The molecular weight excluding hydrogens is 288 g/mol. The molecule has 0 aliphatic rings. The summed E-state index contributed by atoms with van der Waals surface area (Å²) in [5.41, 5.74) is 2.25. The lowest BCUT2D eigenvalue weighted by molar-refractivity contribution is 0.0718. The van der Waals surface area contributed by atoms with Crippen molar-refractivity contribution in [3.8, 4) is 5.69 Å². The number of hydrogen-bond acceptors (Lipinski definition) is 3. The van der Waals surface area contributed by atoms with Gasteiger partial charge in [0.15, 0.2) is 0 Å². The van der Waals surface area contributed by atoms with E-state index in [1.54, 1.807) is 23.4 Å². The summed E-state index contributed by atoms with van der Waals surface area (Å²) < 4.78 is 0. The number of halogens is 1. The van der Waals surface area contributed by atoms with Crippen molar-refractivity contribution < 1.29 is 4.79 Å². The Kier molecular flexibility index (Phi) is 4.96. The van der Waals surface area contributed by atoms with Gasteiger partial charge >= 0.3 is 0 Å². The van der Waals surface area contributed by atoms with Crippen LogP contribution >= 0.6 is 11.6 Å². The molecule has 0 aliphatic carbocycles. The number of aromatic nitrogens is 3. The highest BCUT2D eigenvalue weighted by atomic mass is 35.5. The minimum Gasteiger partial charge on any atom is -0.335 e. The van der Waals surface area contributed by atoms with Gasteiger partial charge in [-0.15, -0.1) is 11.6 Å². The van der Waals surface area contributed by atoms with Gasteiger partial charge in [-0.1, -0.05) is 12.1 Å². The Labute approximate surface area is 129 Å². The van der Waals surface area contributed by atoms with Crippen LogP contribution in [0.2, 0.25) is 0 Å². The summed E-state index contributed by atoms with van der Waals surface area (Å²) in [5, 5.41) is 8.30. The molecule has 0 N–H and O–H groups in total. The van der Waals surface area contributed by atoms with E-state index in [1.807, 2.05) is 32.9 Å². The molecule has 1 heterocycles. The number of aryl methyl sites for hydroxylation is 1. The maximum Gasteiger partial charge on any atom is 0.256 e. The molecule has 1 amide bonds. The maximum absolute atomic E-state index is 12.8. The van der Waals surface area contributed by atoms with Crippen molar-refractivity contribution in [2.45, 2.75) is 26.8 Å². The first-order valence-corrected chi connectivity index (χ1v) is 7.46. The summed E-state index contributed by atoms with van der Waals surface area (Å²) in [7, 11) is 0. The highest BCUT2D eigenvalue weighted by Gasteiger charge is 2.23. The van der Waals surface area contributed by atoms with Crippen LogP contribution in [0.15, 0.2) is 30.6 Å². The molecule has 2 aromatic rings. The SMILES string of the molecule is CCN(C(=O)c1cccc(C)c1-n1nccn1)[C@@H](C)CCl. The summed E-state index contributed by atoms with van der Waals surface area (Å²) in [6.07, 6.45) is 3.19. The van der Waals surface area contributed by atoms with Gasteiger partial charge in [-0.05, 0) is 32.4 Å². The summed E-state index contributed by atoms with van der Waals surface area (Å²) >= 11 is 5.90. The van der Waals surface area contributed by atoms with Crippen LogP contribution in [0.4, 0.5) is 0 Å². The third kappa shape index (κ3) is 3.08. The Hall–Kier alpha value is -1.88. The van der Waals surface area contributed by atoms with Gasteiger partial charge in [-0.2, -0.15) is 15.0 Å². The lowest BCUT2D eigenvalue weighted by Crippen LogP contribution is -2.40. The van der Waals surface area contributed by atoms with Crippen LogP contribution in [0.5, 0.6) is 0 Å². The number of para-hydroxylation sites is 1. The van der Waals surface area contributed by atoms with E-state index >= 15 is 0 Å². The normalized spacial score (nSPS) is 12.2. The first kappa shape index (κ1) is 15.5. The molecule has 21 heavy (non-hydrogen) atoms. The fourth-order valence-corrected chi connectivity index (χ4v) is 2.49. The molecule has 1 atom stereocenters. The third-order valence-electron chi connectivity index (χ3n) is 3.44. The Morgan fingerprint density at radius 2 is 2.05 bits per heavy atom. The quantitative estimate of drug-likeness (QED) is 0.798. The largest absolute Gasteiger partial charge is 0.335 e. The predicted molar refractivity (Wildman–Crippen MR) is 83.0 cm³/mol. The minimum absolute atomic E-state index is 0.0249. The van der Waals surface area contributed by atoms with Gasteiger partial charge < -0.3 is 4.90 Å². The van der Waals surface area contributed by atoms with Gasteiger partial charge in [0.2, 0.25) is 0 Å². The van der Waals surface area contributed by atoms with Crippen molar-refractivity contribution >= 4 is 17.5 Å². The van der Waals surface area contributed by atoms with Gasteiger partial charge in [-0.25, -0.2) is 0 Å². The van der Waals surface area contributed by atoms with E-state index in [0.29, 0.717) is 23.7 Å². The zero-order chi connectivity index (χ0) is 15.4. The highest BCUT2D eigenvalue weighted by Crippen LogP contribution is 2.20.